The number of esters is 1. The zero-order chi connectivity index (χ0) is 16.8. The van der Waals surface area contributed by atoms with Gasteiger partial charge in [-0.05, 0) is 30.7 Å². The summed E-state index contributed by atoms with van der Waals surface area (Å²) in [5, 5.41) is 2.72. The first kappa shape index (κ1) is 16.5. The molecule has 1 amide bonds. The fourth-order valence-corrected chi connectivity index (χ4v) is 2.04. The van der Waals surface area contributed by atoms with Gasteiger partial charge in [-0.1, -0.05) is 30.3 Å². The molecule has 0 aliphatic heterocycles. The van der Waals surface area contributed by atoms with Crippen LogP contribution in [0.3, 0.4) is 0 Å². The fraction of sp³-hybridized carbons (Fsp3) is 0.176. The maximum absolute atomic E-state index is 12.9. The number of nitrogens with one attached hydrogen (secondary N) is 1. The Bertz CT molecular complexity index is 704. The van der Waals surface area contributed by atoms with Gasteiger partial charge in [-0.2, -0.15) is 0 Å². The Morgan fingerprint density at radius 3 is 2.57 bits per heavy atom. The van der Waals surface area contributed by atoms with Crippen molar-refractivity contribution < 1.29 is 18.7 Å². The minimum absolute atomic E-state index is 0.0234. The molecule has 5 nitrogen and oxygen atoms in total. The fourth-order valence-electron chi connectivity index (χ4n) is 2.04. The molecule has 120 valence electrons. The second-order valence-electron chi connectivity index (χ2n) is 5.01. The highest BCUT2D eigenvalue weighted by atomic mass is 19.1. The number of rotatable bonds is 5. The Balaban J connectivity index is 1.88. The third kappa shape index (κ3) is 4.54. The van der Waals surface area contributed by atoms with Crippen LogP contribution in [0.4, 0.5) is 10.1 Å². The van der Waals surface area contributed by atoms with Gasteiger partial charge in [0.25, 0.3) is 5.91 Å². The second kappa shape index (κ2) is 7.40. The summed E-state index contributed by atoms with van der Waals surface area (Å²) in [6.07, 6.45) is 0. The Kier molecular flexibility index (Phi) is 5.30. The molecule has 0 aliphatic rings. The van der Waals surface area contributed by atoms with Gasteiger partial charge < -0.3 is 15.8 Å². The average molecular weight is 316 g/mol. The summed E-state index contributed by atoms with van der Waals surface area (Å²) < 4.78 is 17.8. The molecule has 0 aromatic heterocycles. The number of hydrogen-bond donors (Lipinski definition) is 2. The van der Waals surface area contributed by atoms with Gasteiger partial charge in [-0.3, -0.25) is 4.79 Å². The molecule has 2 rings (SSSR count). The Morgan fingerprint density at radius 1 is 1.22 bits per heavy atom. The quantitative estimate of drug-likeness (QED) is 0.656. The topological polar surface area (TPSA) is 81.4 Å². The highest BCUT2D eigenvalue weighted by Crippen LogP contribution is 2.15. The lowest BCUT2D eigenvalue weighted by Crippen LogP contribution is -2.31. The molecule has 23 heavy (non-hydrogen) atoms. The third-order valence-corrected chi connectivity index (χ3v) is 3.24. The molecule has 0 radical (unpaired) electrons. The van der Waals surface area contributed by atoms with Gasteiger partial charge in [0.15, 0.2) is 6.61 Å². The van der Waals surface area contributed by atoms with Crippen molar-refractivity contribution in [1.29, 1.82) is 0 Å². The van der Waals surface area contributed by atoms with Crippen molar-refractivity contribution in [3.8, 4) is 0 Å². The molecule has 3 N–H and O–H groups in total. The number of carbonyl (C=O) groups is 2. The zero-order valence-corrected chi connectivity index (χ0v) is 12.6. The van der Waals surface area contributed by atoms with Crippen molar-refractivity contribution in [2.45, 2.75) is 13.0 Å². The monoisotopic (exact) mass is 316 g/mol. The lowest BCUT2D eigenvalue weighted by Gasteiger charge is -2.14. The summed E-state index contributed by atoms with van der Waals surface area (Å²) in [6.45, 7) is 1.39. The molecule has 0 saturated carbocycles. The number of halogens is 1. The number of hydrogen-bond acceptors (Lipinski definition) is 4. The van der Waals surface area contributed by atoms with Crippen LogP contribution >= 0.6 is 0 Å². The molecular formula is C17H17FN2O3. The Morgan fingerprint density at radius 2 is 1.91 bits per heavy atom. The first-order valence-electron chi connectivity index (χ1n) is 7.04. The van der Waals surface area contributed by atoms with Gasteiger partial charge in [0.2, 0.25) is 0 Å². The number of benzene rings is 2. The number of carbonyl (C=O) groups excluding carboxylic acids is 2. The number of ether oxygens (including phenoxy) is 1. The minimum Gasteiger partial charge on any atom is -0.452 e. The van der Waals surface area contributed by atoms with Crippen molar-refractivity contribution in [1.82, 2.24) is 5.32 Å². The first-order chi connectivity index (χ1) is 11.0. The third-order valence-electron chi connectivity index (χ3n) is 3.24. The summed E-state index contributed by atoms with van der Waals surface area (Å²) in [7, 11) is 0. The van der Waals surface area contributed by atoms with Crippen LogP contribution in [-0.2, 0) is 9.53 Å². The molecule has 2 aromatic carbocycles. The van der Waals surface area contributed by atoms with E-state index in [2.05, 4.69) is 5.32 Å². The molecule has 0 aliphatic carbocycles. The maximum atomic E-state index is 12.9. The highest BCUT2D eigenvalue weighted by Gasteiger charge is 2.15. The lowest BCUT2D eigenvalue weighted by molar-refractivity contribution is -0.124. The van der Waals surface area contributed by atoms with E-state index in [-0.39, 0.29) is 17.3 Å². The predicted octanol–water partition coefficient (Wildman–Crippen LogP) is 2.44. The van der Waals surface area contributed by atoms with Crippen molar-refractivity contribution in [2.24, 2.45) is 0 Å². The van der Waals surface area contributed by atoms with E-state index >= 15 is 0 Å². The van der Waals surface area contributed by atoms with Crippen LogP contribution in [0.2, 0.25) is 0 Å². The van der Waals surface area contributed by atoms with Gasteiger partial charge in [-0.15, -0.1) is 0 Å². The molecule has 6 heteroatoms. The van der Waals surface area contributed by atoms with Gasteiger partial charge in [-0.25, -0.2) is 9.18 Å². The predicted molar refractivity (Wildman–Crippen MR) is 84.1 cm³/mol. The molecule has 2 aromatic rings. The lowest BCUT2D eigenvalue weighted by atomic mass is 10.1. The molecule has 0 bridgehead atoms. The molecule has 0 heterocycles. The van der Waals surface area contributed by atoms with E-state index in [9.17, 15) is 14.0 Å². The average Bonchev–Trinajstić information content (AvgIpc) is 2.53. The number of amides is 1. The standard InChI is InChI=1S/C17H17FN2O3/c1-11(12-5-3-2-4-6-12)20-16(21)10-23-17(22)14-8-7-13(18)9-15(14)19/h2-9,11H,10,19H2,1H3,(H,20,21)/t11-/m0/s1. The van der Waals surface area contributed by atoms with E-state index in [0.717, 1.165) is 17.7 Å². The Labute approximate surface area is 133 Å². The van der Waals surface area contributed by atoms with Crippen LogP contribution in [0.5, 0.6) is 0 Å². The molecule has 1 atom stereocenters. The number of nitrogens with two attached hydrogens (primary N) is 1. The van der Waals surface area contributed by atoms with Crippen molar-refractivity contribution >= 4 is 17.6 Å². The number of nitrogen functional groups attached to an aromatic ring is 1. The molecular weight excluding hydrogens is 299 g/mol. The summed E-state index contributed by atoms with van der Waals surface area (Å²) in [6, 6.07) is 12.5. The SMILES string of the molecule is C[C@H](NC(=O)COC(=O)c1ccc(F)cc1N)c1ccccc1. The summed E-state index contributed by atoms with van der Waals surface area (Å²) >= 11 is 0. The summed E-state index contributed by atoms with van der Waals surface area (Å²) in [5.74, 6) is -1.76. The van der Waals surface area contributed by atoms with Crippen LogP contribution < -0.4 is 11.1 Å². The van der Waals surface area contributed by atoms with Crippen LogP contribution in [0.1, 0.15) is 28.9 Å². The van der Waals surface area contributed by atoms with E-state index in [4.69, 9.17) is 10.5 Å². The van der Waals surface area contributed by atoms with E-state index < -0.39 is 24.3 Å². The van der Waals surface area contributed by atoms with E-state index in [1.165, 1.54) is 6.07 Å². The van der Waals surface area contributed by atoms with Gasteiger partial charge in [0.1, 0.15) is 5.82 Å². The van der Waals surface area contributed by atoms with Gasteiger partial charge >= 0.3 is 5.97 Å². The van der Waals surface area contributed by atoms with Crippen LogP contribution in [0.15, 0.2) is 48.5 Å². The summed E-state index contributed by atoms with van der Waals surface area (Å²) in [5.41, 5.74) is 6.47. The van der Waals surface area contributed by atoms with Crippen molar-refractivity contribution in [3.63, 3.8) is 0 Å². The van der Waals surface area contributed by atoms with E-state index in [1.807, 2.05) is 37.3 Å². The van der Waals surface area contributed by atoms with Gasteiger partial charge in [0.05, 0.1) is 11.6 Å². The maximum Gasteiger partial charge on any atom is 0.340 e. The van der Waals surface area contributed by atoms with E-state index in [0.29, 0.717) is 0 Å². The van der Waals surface area contributed by atoms with Crippen LogP contribution in [0.25, 0.3) is 0 Å². The smallest absolute Gasteiger partial charge is 0.340 e. The normalized spacial score (nSPS) is 11.6. The molecule has 0 fully saturated rings. The number of anilines is 1. The van der Waals surface area contributed by atoms with Crippen LogP contribution in [0, 0.1) is 5.82 Å². The van der Waals surface area contributed by atoms with Gasteiger partial charge in [0, 0.05) is 5.69 Å². The van der Waals surface area contributed by atoms with Crippen LogP contribution in [-0.4, -0.2) is 18.5 Å². The van der Waals surface area contributed by atoms with Crippen molar-refractivity contribution in [2.75, 3.05) is 12.3 Å². The first-order valence-corrected chi connectivity index (χ1v) is 7.04. The molecule has 0 saturated heterocycles. The molecule has 0 spiro atoms. The summed E-state index contributed by atoms with van der Waals surface area (Å²) in [4.78, 5) is 23.7. The highest BCUT2D eigenvalue weighted by molar-refractivity contribution is 5.96. The molecule has 0 unspecified atom stereocenters. The largest absolute Gasteiger partial charge is 0.452 e. The minimum atomic E-state index is -0.773. The zero-order valence-electron chi connectivity index (χ0n) is 12.6. The van der Waals surface area contributed by atoms with Crippen molar-refractivity contribution in [3.05, 3.63) is 65.5 Å². The van der Waals surface area contributed by atoms with E-state index in [1.54, 1.807) is 0 Å². The Hall–Kier alpha value is -2.89. The second-order valence-corrected chi connectivity index (χ2v) is 5.01.